The third-order valence-electron chi connectivity index (χ3n) is 5.42. The molecule has 27 heavy (non-hydrogen) atoms. The van der Waals surface area contributed by atoms with Crippen LogP contribution in [0, 0.1) is 5.92 Å². The Kier molecular flexibility index (Phi) is 6.85. The normalized spacial score (nSPS) is 18.2. The van der Waals surface area contributed by atoms with Crippen molar-refractivity contribution in [3.63, 3.8) is 0 Å². The molecular weight excluding hydrogens is 342 g/mol. The van der Waals surface area contributed by atoms with E-state index < -0.39 is 0 Å². The summed E-state index contributed by atoms with van der Waals surface area (Å²) in [6.07, 6.45) is 7.69. The third-order valence-corrected chi connectivity index (χ3v) is 5.42. The van der Waals surface area contributed by atoms with Gasteiger partial charge < -0.3 is 15.5 Å². The Morgan fingerprint density at radius 2 is 1.89 bits per heavy atom. The topological polar surface area (TPSA) is 78.5 Å². The molecule has 0 bridgehead atoms. The lowest BCUT2D eigenvalue weighted by Crippen LogP contribution is -2.41. The fourth-order valence-corrected chi connectivity index (χ4v) is 3.49. The lowest BCUT2D eigenvalue weighted by Gasteiger charge is -2.24. The van der Waals surface area contributed by atoms with Gasteiger partial charge in [-0.25, -0.2) is 0 Å². The largest absolute Gasteiger partial charge is 0.350 e. The summed E-state index contributed by atoms with van der Waals surface area (Å²) in [7, 11) is 0. The molecule has 0 unspecified atom stereocenters. The number of nitrogens with zero attached hydrogens (tertiary/aromatic N) is 1. The van der Waals surface area contributed by atoms with Crippen molar-refractivity contribution < 1.29 is 14.4 Å². The SMILES string of the molecule is O=C(CN1CCCCCCC1=O)NCc1cccc(NC(=O)C2CCC2)c1. The van der Waals surface area contributed by atoms with Gasteiger partial charge in [-0.3, -0.25) is 14.4 Å². The van der Waals surface area contributed by atoms with Crippen LogP contribution in [-0.2, 0) is 20.9 Å². The molecule has 146 valence electrons. The molecule has 2 N–H and O–H groups in total. The Morgan fingerprint density at radius 1 is 1.07 bits per heavy atom. The molecular formula is C21H29N3O3. The van der Waals surface area contributed by atoms with Crippen molar-refractivity contribution in [1.29, 1.82) is 0 Å². The molecule has 3 rings (SSSR count). The highest BCUT2D eigenvalue weighted by Gasteiger charge is 2.25. The zero-order valence-electron chi connectivity index (χ0n) is 15.8. The zero-order valence-corrected chi connectivity index (χ0v) is 15.8. The maximum absolute atomic E-state index is 12.3. The first-order valence-corrected chi connectivity index (χ1v) is 10.1. The van der Waals surface area contributed by atoms with E-state index in [1.54, 1.807) is 4.90 Å². The van der Waals surface area contributed by atoms with Gasteiger partial charge in [-0.2, -0.15) is 0 Å². The van der Waals surface area contributed by atoms with Crippen LogP contribution in [0.3, 0.4) is 0 Å². The summed E-state index contributed by atoms with van der Waals surface area (Å²) >= 11 is 0. The fourth-order valence-electron chi connectivity index (χ4n) is 3.49. The van der Waals surface area contributed by atoms with Crippen LogP contribution in [0.15, 0.2) is 24.3 Å². The van der Waals surface area contributed by atoms with Gasteiger partial charge in [-0.05, 0) is 43.4 Å². The Balaban J connectivity index is 1.47. The molecule has 1 aliphatic heterocycles. The van der Waals surface area contributed by atoms with Gasteiger partial charge in [0, 0.05) is 31.1 Å². The van der Waals surface area contributed by atoms with E-state index in [0.717, 1.165) is 56.2 Å². The lowest BCUT2D eigenvalue weighted by atomic mass is 9.85. The van der Waals surface area contributed by atoms with E-state index in [1.165, 1.54) is 0 Å². The zero-order chi connectivity index (χ0) is 19.1. The number of amides is 3. The molecule has 2 aliphatic rings. The van der Waals surface area contributed by atoms with Crippen molar-refractivity contribution in [2.45, 2.75) is 57.9 Å². The van der Waals surface area contributed by atoms with Crippen LogP contribution in [-0.4, -0.2) is 35.7 Å². The van der Waals surface area contributed by atoms with E-state index in [1.807, 2.05) is 24.3 Å². The van der Waals surface area contributed by atoms with Gasteiger partial charge in [0.25, 0.3) is 0 Å². The van der Waals surface area contributed by atoms with Crippen LogP contribution < -0.4 is 10.6 Å². The molecule has 0 aromatic heterocycles. The lowest BCUT2D eigenvalue weighted by molar-refractivity contribution is -0.136. The maximum atomic E-state index is 12.3. The molecule has 0 radical (unpaired) electrons. The third kappa shape index (κ3) is 5.81. The summed E-state index contributed by atoms with van der Waals surface area (Å²) in [6.45, 7) is 1.17. The Morgan fingerprint density at radius 3 is 2.67 bits per heavy atom. The van der Waals surface area contributed by atoms with Crippen LogP contribution in [0.5, 0.6) is 0 Å². The molecule has 2 fully saturated rings. The first kappa shape index (κ1) is 19.4. The van der Waals surface area contributed by atoms with Gasteiger partial charge in [0.1, 0.15) is 0 Å². The van der Waals surface area contributed by atoms with Crippen LogP contribution in [0.2, 0.25) is 0 Å². The molecule has 1 heterocycles. The van der Waals surface area contributed by atoms with E-state index in [0.29, 0.717) is 19.5 Å². The smallest absolute Gasteiger partial charge is 0.239 e. The first-order chi connectivity index (χ1) is 13.1. The Labute approximate surface area is 160 Å². The number of hydrogen-bond acceptors (Lipinski definition) is 3. The molecule has 1 saturated heterocycles. The summed E-state index contributed by atoms with van der Waals surface area (Å²) in [5.74, 6) is 0.153. The molecule has 1 aliphatic carbocycles. The number of carbonyl (C=O) groups excluding carboxylic acids is 3. The van der Waals surface area contributed by atoms with Gasteiger partial charge in [-0.1, -0.05) is 31.4 Å². The van der Waals surface area contributed by atoms with Crippen molar-refractivity contribution in [3.8, 4) is 0 Å². The molecule has 0 atom stereocenters. The van der Waals surface area contributed by atoms with Gasteiger partial charge in [0.15, 0.2) is 0 Å². The van der Waals surface area contributed by atoms with Crippen molar-refractivity contribution in [1.82, 2.24) is 10.2 Å². The van der Waals surface area contributed by atoms with E-state index in [-0.39, 0.29) is 30.2 Å². The van der Waals surface area contributed by atoms with Crippen molar-refractivity contribution in [2.24, 2.45) is 5.92 Å². The highest BCUT2D eigenvalue weighted by Crippen LogP contribution is 2.27. The second kappa shape index (κ2) is 9.53. The minimum absolute atomic E-state index is 0.0746. The van der Waals surface area contributed by atoms with Crippen LogP contribution in [0.4, 0.5) is 5.69 Å². The average Bonchev–Trinajstić information content (AvgIpc) is 2.58. The highest BCUT2D eigenvalue weighted by atomic mass is 16.2. The second-order valence-corrected chi connectivity index (χ2v) is 7.57. The number of anilines is 1. The van der Waals surface area contributed by atoms with Gasteiger partial charge in [0.05, 0.1) is 6.54 Å². The van der Waals surface area contributed by atoms with E-state index in [2.05, 4.69) is 10.6 Å². The number of carbonyl (C=O) groups is 3. The number of nitrogens with one attached hydrogen (secondary N) is 2. The van der Waals surface area contributed by atoms with Crippen molar-refractivity contribution >= 4 is 23.4 Å². The molecule has 1 saturated carbocycles. The Hall–Kier alpha value is -2.37. The quantitative estimate of drug-likeness (QED) is 0.807. The summed E-state index contributed by atoms with van der Waals surface area (Å²) in [5, 5.41) is 5.83. The van der Waals surface area contributed by atoms with E-state index >= 15 is 0 Å². The van der Waals surface area contributed by atoms with Gasteiger partial charge in [0.2, 0.25) is 17.7 Å². The fraction of sp³-hybridized carbons (Fsp3) is 0.571. The summed E-state index contributed by atoms with van der Waals surface area (Å²) in [5.41, 5.74) is 1.69. The molecule has 6 nitrogen and oxygen atoms in total. The van der Waals surface area contributed by atoms with E-state index in [4.69, 9.17) is 0 Å². The van der Waals surface area contributed by atoms with Crippen molar-refractivity contribution in [2.75, 3.05) is 18.4 Å². The van der Waals surface area contributed by atoms with Gasteiger partial charge >= 0.3 is 0 Å². The molecule has 6 heteroatoms. The second-order valence-electron chi connectivity index (χ2n) is 7.57. The van der Waals surface area contributed by atoms with Crippen molar-refractivity contribution in [3.05, 3.63) is 29.8 Å². The number of hydrogen-bond donors (Lipinski definition) is 2. The minimum atomic E-state index is -0.146. The monoisotopic (exact) mass is 371 g/mol. The van der Waals surface area contributed by atoms with Crippen LogP contribution in [0.25, 0.3) is 0 Å². The van der Waals surface area contributed by atoms with E-state index in [9.17, 15) is 14.4 Å². The number of benzene rings is 1. The number of likely N-dealkylation sites (tertiary alicyclic amines) is 1. The van der Waals surface area contributed by atoms with Crippen LogP contribution in [0.1, 0.15) is 56.9 Å². The predicted octanol–water partition coefficient (Wildman–Crippen LogP) is 2.83. The summed E-state index contributed by atoms with van der Waals surface area (Å²) in [4.78, 5) is 38.1. The van der Waals surface area contributed by atoms with Gasteiger partial charge in [-0.15, -0.1) is 0 Å². The Bertz CT molecular complexity index is 685. The molecule has 0 spiro atoms. The molecule has 1 aromatic carbocycles. The van der Waals surface area contributed by atoms with Crippen LogP contribution >= 0.6 is 0 Å². The standard InChI is InChI=1S/C21H29N3O3/c25-19(15-24-12-4-2-1-3-11-20(24)26)22-14-16-7-5-10-18(13-16)23-21(27)17-8-6-9-17/h5,7,10,13,17H,1-4,6,8-9,11-12,14-15H2,(H,22,25)(H,23,27). The molecule has 1 aromatic rings. The maximum Gasteiger partial charge on any atom is 0.239 e. The summed E-state index contributed by atoms with van der Waals surface area (Å²) < 4.78 is 0. The number of rotatable bonds is 6. The predicted molar refractivity (Wildman–Crippen MR) is 104 cm³/mol. The highest BCUT2D eigenvalue weighted by molar-refractivity contribution is 5.93. The average molecular weight is 371 g/mol. The summed E-state index contributed by atoms with van der Waals surface area (Å²) in [6, 6.07) is 7.54. The molecule has 3 amide bonds. The minimum Gasteiger partial charge on any atom is -0.350 e. The first-order valence-electron chi connectivity index (χ1n) is 10.1.